The standard InChI is InChI=1S/C27H41F3N4O6/c1-25(2,3)40-24(39)33-18(14-9-7-6-8-10-14)23(38)34-13-15-17(26(15,4)5)19(34)22(37)32-16(20(35)21(31)36)11-12-27(28,29)30/h14-19H,6-13H2,1-5H3,(H2,31,36)(H,32,37)(H,33,39). The first-order chi connectivity index (χ1) is 18.3. The molecule has 0 radical (unpaired) electrons. The number of Topliss-reactive ketones (excluding diaryl/α,β-unsaturated/α-hetero) is 1. The highest BCUT2D eigenvalue weighted by molar-refractivity contribution is 6.37. The first-order valence-corrected chi connectivity index (χ1v) is 13.8. The van der Waals surface area contributed by atoms with Crippen molar-refractivity contribution in [3.63, 3.8) is 0 Å². The Morgan fingerprint density at radius 2 is 1.62 bits per heavy atom. The normalized spacial score (nSPS) is 25.8. The number of alkyl halides is 3. The van der Waals surface area contributed by atoms with Crippen LogP contribution < -0.4 is 16.4 Å². The van der Waals surface area contributed by atoms with Crippen LogP contribution in [0.1, 0.15) is 79.6 Å². The van der Waals surface area contributed by atoms with Crippen LogP contribution in [0.4, 0.5) is 18.0 Å². The van der Waals surface area contributed by atoms with Crippen LogP contribution in [0.15, 0.2) is 0 Å². The van der Waals surface area contributed by atoms with Gasteiger partial charge in [-0.3, -0.25) is 19.2 Å². The van der Waals surface area contributed by atoms with Gasteiger partial charge in [-0.1, -0.05) is 33.1 Å². The van der Waals surface area contributed by atoms with Gasteiger partial charge in [0.15, 0.2) is 0 Å². The van der Waals surface area contributed by atoms with Crippen molar-refractivity contribution in [2.75, 3.05) is 6.54 Å². The van der Waals surface area contributed by atoms with Crippen LogP contribution in [0.25, 0.3) is 0 Å². The van der Waals surface area contributed by atoms with E-state index in [0.29, 0.717) is 12.8 Å². The van der Waals surface area contributed by atoms with E-state index in [2.05, 4.69) is 10.6 Å². The van der Waals surface area contributed by atoms with Crippen molar-refractivity contribution in [1.82, 2.24) is 15.5 Å². The van der Waals surface area contributed by atoms with E-state index < -0.39 is 72.3 Å². The molecule has 3 rings (SSSR count). The van der Waals surface area contributed by atoms with Gasteiger partial charge in [0.2, 0.25) is 17.6 Å². The summed E-state index contributed by atoms with van der Waals surface area (Å²) in [7, 11) is 0. The molecule has 3 aliphatic rings. The van der Waals surface area contributed by atoms with E-state index in [1.165, 1.54) is 4.90 Å². The lowest BCUT2D eigenvalue weighted by Gasteiger charge is -2.37. The Hall–Kier alpha value is -2.86. The predicted octanol–water partition coefficient (Wildman–Crippen LogP) is 2.82. The number of fused-ring (bicyclic) bond motifs is 1. The van der Waals surface area contributed by atoms with Crippen LogP contribution in [0, 0.1) is 23.2 Å². The lowest BCUT2D eigenvalue weighted by molar-refractivity contribution is -0.147. The van der Waals surface area contributed by atoms with E-state index in [9.17, 15) is 37.1 Å². The van der Waals surface area contributed by atoms with Crippen molar-refractivity contribution in [2.24, 2.45) is 28.9 Å². The Labute approximate surface area is 232 Å². The molecular weight excluding hydrogens is 533 g/mol. The molecule has 5 unspecified atom stereocenters. The largest absolute Gasteiger partial charge is 0.444 e. The van der Waals surface area contributed by atoms with Gasteiger partial charge in [0.25, 0.3) is 5.91 Å². The zero-order valence-corrected chi connectivity index (χ0v) is 23.7. The van der Waals surface area contributed by atoms with Crippen molar-refractivity contribution >= 4 is 29.6 Å². The summed E-state index contributed by atoms with van der Waals surface area (Å²) in [6.07, 6.45) is -3.51. The molecule has 40 heavy (non-hydrogen) atoms. The molecule has 1 saturated heterocycles. The molecule has 3 fully saturated rings. The number of rotatable bonds is 9. The average Bonchev–Trinajstić information content (AvgIpc) is 3.15. The molecule has 1 aliphatic heterocycles. The average molecular weight is 575 g/mol. The lowest BCUT2D eigenvalue weighted by atomic mass is 9.83. The maximum atomic E-state index is 14.0. The van der Waals surface area contributed by atoms with E-state index in [-0.39, 0.29) is 29.7 Å². The molecule has 0 spiro atoms. The van der Waals surface area contributed by atoms with Gasteiger partial charge in [-0.15, -0.1) is 0 Å². The number of nitrogens with zero attached hydrogens (tertiary/aromatic N) is 1. The first kappa shape index (κ1) is 31.7. The summed E-state index contributed by atoms with van der Waals surface area (Å²) in [5.41, 5.74) is 3.91. The van der Waals surface area contributed by atoms with Gasteiger partial charge in [0.05, 0.1) is 6.04 Å². The number of halogens is 3. The summed E-state index contributed by atoms with van der Waals surface area (Å²) in [4.78, 5) is 65.4. The fraction of sp³-hybridized carbons (Fsp3) is 0.815. The third kappa shape index (κ3) is 7.45. The summed E-state index contributed by atoms with van der Waals surface area (Å²) in [5.74, 6) is -4.65. The number of nitrogens with two attached hydrogens (primary N) is 1. The zero-order chi connectivity index (χ0) is 30.2. The topological polar surface area (TPSA) is 148 Å². The van der Waals surface area contributed by atoms with Crippen molar-refractivity contribution in [3.8, 4) is 0 Å². The Bertz CT molecular complexity index is 1020. The highest BCUT2D eigenvalue weighted by atomic mass is 19.4. The van der Waals surface area contributed by atoms with E-state index in [4.69, 9.17) is 10.5 Å². The minimum atomic E-state index is -4.62. The molecule has 0 bridgehead atoms. The molecule has 13 heteroatoms. The maximum Gasteiger partial charge on any atom is 0.408 e. The monoisotopic (exact) mass is 574 g/mol. The number of hydrogen-bond acceptors (Lipinski definition) is 6. The Morgan fingerprint density at radius 1 is 1.02 bits per heavy atom. The minimum absolute atomic E-state index is 0.0544. The van der Waals surface area contributed by atoms with Gasteiger partial charge in [0.1, 0.15) is 17.7 Å². The van der Waals surface area contributed by atoms with Gasteiger partial charge in [-0.25, -0.2) is 4.79 Å². The Kier molecular flexibility index (Phi) is 9.15. The molecule has 1 heterocycles. The van der Waals surface area contributed by atoms with Crippen LogP contribution in [-0.2, 0) is 23.9 Å². The number of carbonyl (C=O) groups excluding carboxylic acids is 5. The molecule has 4 amide bonds. The number of hydrogen-bond donors (Lipinski definition) is 3. The second-order valence-electron chi connectivity index (χ2n) is 12.9. The first-order valence-electron chi connectivity index (χ1n) is 13.8. The van der Waals surface area contributed by atoms with Gasteiger partial charge >= 0.3 is 12.3 Å². The van der Waals surface area contributed by atoms with Gasteiger partial charge in [0, 0.05) is 13.0 Å². The third-order valence-corrected chi connectivity index (χ3v) is 8.41. The summed E-state index contributed by atoms with van der Waals surface area (Å²) in [5, 5.41) is 5.00. The SMILES string of the molecule is CC(C)(C)OC(=O)NC(C(=O)N1CC2C(C1C(=O)NC(CCC(F)(F)F)C(=O)C(N)=O)C2(C)C)C1CCCCC1. The minimum Gasteiger partial charge on any atom is -0.444 e. The third-order valence-electron chi connectivity index (χ3n) is 8.41. The maximum absolute atomic E-state index is 14.0. The number of nitrogens with one attached hydrogen (secondary N) is 2. The molecule has 2 aliphatic carbocycles. The molecule has 0 aromatic rings. The highest BCUT2D eigenvalue weighted by Gasteiger charge is 2.69. The smallest absolute Gasteiger partial charge is 0.408 e. The number of primary amides is 1. The second-order valence-corrected chi connectivity index (χ2v) is 12.9. The molecule has 4 N–H and O–H groups in total. The van der Waals surface area contributed by atoms with Crippen LogP contribution in [0.2, 0.25) is 0 Å². The number of piperidine rings is 1. The predicted molar refractivity (Wildman–Crippen MR) is 137 cm³/mol. The molecule has 226 valence electrons. The number of amides is 4. The van der Waals surface area contributed by atoms with E-state index >= 15 is 0 Å². The van der Waals surface area contributed by atoms with Crippen molar-refractivity contribution in [1.29, 1.82) is 0 Å². The molecule has 10 nitrogen and oxygen atoms in total. The number of ether oxygens (including phenoxy) is 1. The van der Waals surface area contributed by atoms with Crippen LogP contribution in [0.5, 0.6) is 0 Å². The number of ketones is 1. The molecular formula is C27H41F3N4O6. The fourth-order valence-corrected chi connectivity index (χ4v) is 6.28. The van der Waals surface area contributed by atoms with Crippen molar-refractivity contribution in [3.05, 3.63) is 0 Å². The number of likely N-dealkylation sites (tertiary alicyclic amines) is 1. The quantitative estimate of drug-likeness (QED) is 0.361. The lowest BCUT2D eigenvalue weighted by Crippen LogP contribution is -2.59. The zero-order valence-electron chi connectivity index (χ0n) is 23.7. The molecule has 0 aromatic heterocycles. The van der Waals surface area contributed by atoms with Crippen LogP contribution >= 0.6 is 0 Å². The summed E-state index contributed by atoms with van der Waals surface area (Å²) in [6, 6.07) is -3.83. The Balaban J connectivity index is 1.86. The van der Waals surface area contributed by atoms with Gasteiger partial charge < -0.3 is 26.0 Å². The van der Waals surface area contributed by atoms with Crippen molar-refractivity contribution in [2.45, 2.75) is 109 Å². The highest BCUT2D eigenvalue weighted by Crippen LogP contribution is 2.65. The van der Waals surface area contributed by atoms with Crippen molar-refractivity contribution < 1.29 is 41.9 Å². The van der Waals surface area contributed by atoms with E-state index in [0.717, 1.165) is 19.3 Å². The Morgan fingerprint density at radius 3 is 2.15 bits per heavy atom. The second kappa shape index (κ2) is 11.6. The number of alkyl carbamates (subject to hydrolysis) is 1. The number of carbonyl (C=O) groups is 5. The molecule has 0 aromatic carbocycles. The summed E-state index contributed by atoms with van der Waals surface area (Å²) >= 11 is 0. The van der Waals surface area contributed by atoms with Gasteiger partial charge in [-0.05, 0) is 63.2 Å². The van der Waals surface area contributed by atoms with Gasteiger partial charge in [-0.2, -0.15) is 13.2 Å². The van der Waals surface area contributed by atoms with E-state index in [1.54, 1.807) is 20.8 Å². The summed E-state index contributed by atoms with van der Waals surface area (Å²) < 4.78 is 44.1. The summed E-state index contributed by atoms with van der Waals surface area (Å²) in [6.45, 7) is 9.16. The molecule has 5 atom stereocenters. The molecule has 2 saturated carbocycles. The van der Waals surface area contributed by atoms with Crippen LogP contribution in [-0.4, -0.2) is 70.9 Å². The van der Waals surface area contributed by atoms with Crippen LogP contribution in [0.3, 0.4) is 0 Å². The van der Waals surface area contributed by atoms with E-state index in [1.807, 2.05) is 13.8 Å². The fourth-order valence-electron chi connectivity index (χ4n) is 6.28.